The third-order valence-corrected chi connectivity index (χ3v) is 3.50. The van der Waals surface area contributed by atoms with Gasteiger partial charge in [0.2, 0.25) is 11.9 Å². The monoisotopic (exact) mass is 312 g/mol. The highest BCUT2D eigenvalue weighted by Gasteiger charge is 2.38. The molecule has 1 aliphatic rings. The van der Waals surface area contributed by atoms with Gasteiger partial charge >= 0.3 is 0 Å². The fourth-order valence-corrected chi connectivity index (χ4v) is 2.42. The fraction of sp³-hybridized carbons (Fsp3) is 0.667. The first-order chi connectivity index (χ1) is 10.3. The minimum atomic E-state index is -0.854. The molecule has 1 N–H and O–H groups in total. The van der Waals surface area contributed by atoms with E-state index < -0.39 is 11.5 Å². The first kappa shape index (κ1) is 18.3. The predicted octanol–water partition coefficient (Wildman–Crippen LogP) is 1.67. The van der Waals surface area contributed by atoms with Crippen LogP contribution in [-0.2, 0) is 14.3 Å². The molecule has 0 radical (unpaired) electrons. The van der Waals surface area contributed by atoms with Crippen molar-refractivity contribution in [2.75, 3.05) is 26.9 Å². The molecule has 0 spiro atoms. The Balaban J connectivity index is 2.86. The molecule has 0 saturated carbocycles. The Bertz CT molecular complexity index is 482. The Morgan fingerprint density at radius 3 is 2.68 bits per heavy atom. The quantitative estimate of drug-likeness (QED) is 0.418. The zero-order valence-electron chi connectivity index (χ0n) is 13.5. The van der Waals surface area contributed by atoms with Crippen molar-refractivity contribution in [1.82, 2.24) is 5.32 Å². The number of nitrogens with zero attached hydrogens (tertiary/aromatic N) is 1. The summed E-state index contributed by atoms with van der Waals surface area (Å²) in [6.45, 7) is 6.52. The van der Waals surface area contributed by atoms with Gasteiger partial charge in [0.25, 0.3) is 0 Å². The number of amides is 1. The van der Waals surface area contributed by atoms with Gasteiger partial charge in [-0.2, -0.15) is 0 Å². The average molecular weight is 312 g/mol. The molecule has 1 aliphatic carbocycles. The van der Waals surface area contributed by atoms with Crippen LogP contribution in [0.2, 0.25) is 0 Å². The van der Waals surface area contributed by atoms with Crippen molar-refractivity contribution in [2.45, 2.75) is 33.2 Å². The zero-order chi connectivity index (χ0) is 16.8. The van der Waals surface area contributed by atoms with Gasteiger partial charge in [-0.3, -0.25) is 14.9 Å². The minimum Gasteiger partial charge on any atom is -0.382 e. The van der Waals surface area contributed by atoms with Gasteiger partial charge in [0.05, 0.1) is 26.2 Å². The number of allylic oxidation sites excluding steroid dienone is 2. The summed E-state index contributed by atoms with van der Waals surface area (Å²) >= 11 is 0. The molecule has 1 unspecified atom stereocenters. The van der Waals surface area contributed by atoms with Gasteiger partial charge in [0.1, 0.15) is 0 Å². The number of nitro groups is 1. The van der Waals surface area contributed by atoms with Gasteiger partial charge in [-0.25, -0.2) is 0 Å². The smallest absolute Gasteiger partial charge is 0.240 e. The van der Waals surface area contributed by atoms with Gasteiger partial charge < -0.3 is 14.8 Å². The molecule has 1 amide bonds. The minimum absolute atomic E-state index is 0.180. The van der Waals surface area contributed by atoms with E-state index in [0.717, 1.165) is 0 Å². The van der Waals surface area contributed by atoms with Crippen LogP contribution in [0.25, 0.3) is 0 Å². The van der Waals surface area contributed by atoms with E-state index in [4.69, 9.17) is 9.47 Å². The van der Waals surface area contributed by atoms with Crippen molar-refractivity contribution in [1.29, 1.82) is 0 Å². The first-order valence-electron chi connectivity index (χ1n) is 7.17. The van der Waals surface area contributed by atoms with Crippen molar-refractivity contribution in [3.8, 4) is 0 Å². The van der Waals surface area contributed by atoms with Crippen LogP contribution in [0.3, 0.4) is 0 Å². The summed E-state index contributed by atoms with van der Waals surface area (Å²) in [4.78, 5) is 22.2. The largest absolute Gasteiger partial charge is 0.382 e. The lowest BCUT2D eigenvalue weighted by Gasteiger charge is -2.31. The molecule has 1 atom stereocenters. The molecule has 124 valence electrons. The van der Waals surface area contributed by atoms with Gasteiger partial charge in [-0.15, -0.1) is 0 Å². The van der Waals surface area contributed by atoms with Crippen LogP contribution in [0.5, 0.6) is 0 Å². The second-order valence-electron chi connectivity index (χ2n) is 5.93. The molecule has 0 saturated heterocycles. The molecule has 0 bridgehead atoms. The molecule has 0 aromatic heterocycles. The van der Waals surface area contributed by atoms with E-state index in [1.165, 1.54) is 6.92 Å². The van der Waals surface area contributed by atoms with Crippen molar-refractivity contribution in [3.05, 3.63) is 33.5 Å². The number of hydrogen-bond donors (Lipinski definition) is 1. The SMILES string of the molecule is COCCOCC(C)(C)C1=CC=C(NC(C)=O)CC1[N+](=O)[O-]. The van der Waals surface area contributed by atoms with Gasteiger partial charge in [-0.05, 0) is 6.08 Å². The highest BCUT2D eigenvalue weighted by Crippen LogP contribution is 2.35. The molecule has 1 rings (SSSR count). The molecule has 0 aliphatic heterocycles. The topological polar surface area (TPSA) is 90.7 Å². The van der Waals surface area contributed by atoms with Gasteiger partial charge in [-0.1, -0.05) is 19.9 Å². The maximum Gasteiger partial charge on any atom is 0.240 e. The lowest BCUT2D eigenvalue weighted by Crippen LogP contribution is -2.37. The van der Waals surface area contributed by atoms with Crippen molar-refractivity contribution in [3.63, 3.8) is 0 Å². The second-order valence-corrected chi connectivity index (χ2v) is 5.93. The van der Waals surface area contributed by atoms with Crippen molar-refractivity contribution >= 4 is 5.91 Å². The summed E-state index contributed by atoms with van der Waals surface area (Å²) in [5.41, 5.74) is 0.794. The standard InChI is InChI=1S/C15H24N2O5/c1-11(18)16-12-5-6-13(14(9-12)17(19)20)15(2,3)10-22-8-7-21-4/h5-6,14H,7-10H2,1-4H3,(H,16,18). The van der Waals surface area contributed by atoms with E-state index in [1.807, 2.05) is 13.8 Å². The summed E-state index contributed by atoms with van der Waals surface area (Å²) < 4.78 is 10.4. The third kappa shape index (κ3) is 5.23. The van der Waals surface area contributed by atoms with Gasteiger partial charge in [0, 0.05) is 35.6 Å². The zero-order valence-corrected chi connectivity index (χ0v) is 13.5. The van der Waals surface area contributed by atoms with E-state index in [2.05, 4.69) is 5.32 Å². The highest BCUT2D eigenvalue weighted by atomic mass is 16.6. The van der Waals surface area contributed by atoms with Crippen LogP contribution in [0.4, 0.5) is 0 Å². The third-order valence-electron chi connectivity index (χ3n) is 3.50. The molecule has 0 fully saturated rings. The molecule has 0 heterocycles. The lowest BCUT2D eigenvalue weighted by atomic mass is 9.77. The number of methoxy groups -OCH3 is 1. The molecule has 7 heteroatoms. The Kier molecular flexibility index (Phi) is 6.70. The maximum atomic E-state index is 11.4. The Morgan fingerprint density at radius 1 is 1.45 bits per heavy atom. The fourth-order valence-electron chi connectivity index (χ4n) is 2.42. The summed E-state index contributed by atoms with van der Waals surface area (Å²) in [5.74, 6) is -0.229. The first-order valence-corrected chi connectivity index (χ1v) is 7.17. The summed E-state index contributed by atoms with van der Waals surface area (Å²) in [5, 5.41) is 14.0. The van der Waals surface area contributed by atoms with E-state index in [9.17, 15) is 14.9 Å². The van der Waals surface area contributed by atoms with Crippen LogP contribution in [0.15, 0.2) is 23.4 Å². The van der Waals surface area contributed by atoms with Gasteiger partial charge in [0.15, 0.2) is 0 Å². The predicted molar refractivity (Wildman–Crippen MR) is 81.9 cm³/mol. The van der Waals surface area contributed by atoms with Crippen LogP contribution < -0.4 is 5.32 Å². The number of carbonyl (C=O) groups is 1. The summed E-state index contributed by atoms with van der Waals surface area (Å²) in [7, 11) is 1.59. The summed E-state index contributed by atoms with van der Waals surface area (Å²) in [6, 6.07) is -0.854. The summed E-state index contributed by atoms with van der Waals surface area (Å²) in [6.07, 6.45) is 3.63. The lowest BCUT2D eigenvalue weighted by molar-refractivity contribution is -0.513. The van der Waals surface area contributed by atoms with Crippen molar-refractivity contribution in [2.24, 2.45) is 5.41 Å². The maximum absolute atomic E-state index is 11.4. The second kappa shape index (κ2) is 8.05. The van der Waals surface area contributed by atoms with Crippen LogP contribution in [-0.4, -0.2) is 43.8 Å². The van der Waals surface area contributed by atoms with E-state index in [-0.39, 0.29) is 17.3 Å². The van der Waals surface area contributed by atoms with E-state index in [1.54, 1.807) is 19.3 Å². The molecule has 0 aromatic carbocycles. The molecular weight excluding hydrogens is 288 g/mol. The van der Waals surface area contributed by atoms with Crippen LogP contribution >= 0.6 is 0 Å². The Labute approximate surface area is 130 Å². The Morgan fingerprint density at radius 2 is 2.14 bits per heavy atom. The number of nitrogens with one attached hydrogen (secondary N) is 1. The van der Waals surface area contributed by atoms with E-state index >= 15 is 0 Å². The molecule has 7 nitrogen and oxygen atoms in total. The molecular formula is C15H24N2O5. The number of rotatable bonds is 8. The Hall–Kier alpha value is -1.73. The number of ether oxygens (including phenoxy) is 2. The molecule has 22 heavy (non-hydrogen) atoms. The highest BCUT2D eigenvalue weighted by molar-refractivity contribution is 5.75. The molecule has 0 aromatic rings. The average Bonchev–Trinajstić information content (AvgIpc) is 2.42. The van der Waals surface area contributed by atoms with Crippen molar-refractivity contribution < 1.29 is 19.2 Å². The van der Waals surface area contributed by atoms with E-state index in [0.29, 0.717) is 31.1 Å². The normalized spacial score (nSPS) is 18.5. The van der Waals surface area contributed by atoms with Crippen LogP contribution in [0, 0.1) is 15.5 Å². The number of hydrogen-bond acceptors (Lipinski definition) is 5. The number of carbonyl (C=O) groups excluding carboxylic acids is 1. The van der Waals surface area contributed by atoms with Crippen LogP contribution in [0.1, 0.15) is 27.2 Å².